The molecule has 0 unspecified atom stereocenters. The molecular weight excluding hydrogens is 230 g/mol. The van der Waals surface area contributed by atoms with Gasteiger partial charge < -0.3 is 5.73 Å². The summed E-state index contributed by atoms with van der Waals surface area (Å²) in [6, 6.07) is 1.93. The number of hydrogen-bond donors (Lipinski definition) is 2. The molecule has 5 heteroatoms. The molecule has 2 aromatic heterocycles. The lowest BCUT2D eigenvalue weighted by Gasteiger charge is -1.99. The Bertz CT molecular complexity index is 461. The van der Waals surface area contributed by atoms with Gasteiger partial charge in [-0.1, -0.05) is 24.9 Å². The molecule has 2 aromatic rings. The number of rotatable bonds is 3. The maximum absolute atomic E-state index is 5.90. The van der Waals surface area contributed by atoms with Crippen LogP contribution in [0.3, 0.4) is 0 Å². The smallest absolute Gasteiger partial charge is 0.149 e. The summed E-state index contributed by atoms with van der Waals surface area (Å²) < 4.78 is 0.778. The largest absolute Gasteiger partial charge is 0.382 e. The minimum Gasteiger partial charge on any atom is -0.382 e. The summed E-state index contributed by atoms with van der Waals surface area (Å²) in [6.45, 7) is 2.12. The van der Waals surface area contributed by atoms with Crippen LogP contribution in [0.1, 0.15) is 18.9 Å². The van der Waals surface area contributed by atoms with Crippen LogP contribution >= 0.6 is 22.9 Å². The first-order chi connectivity index (χ1) is 7.22. The summed E-state index contributed by atoms with van der Waals surface area (Å²) in [5.74, 6) is 0.592. The number of thiophene rings is 1. The predicted octanol–water partition coefficient (Wildman–Crippen LogP) is 3.33. The molecule has 2 heterocycles. The number of aromatic nitrogens is 2. The van der Waals surface area contributed by atoms with E-state index in [-0.39, 0.29) is 0 Å². The van der Waals surface area contributed by atoms with Crippen molar-refractivity contribution in [1.29, 1.82) is 0 Å². The second-order valence-electron chi connectivity index (χ2n) is 3.35. The Balaban J connectivity index is 2.43. The van der Waals surface area contributed by atoms with Gasteiger partial charge in [0.05, 0.1) is 10.0 Å². The zero-order valence-electron chi connectivity index (χ0n) is 8.38. The van der Waals surface area contributed by atoms with Crippen molar-refractivity contribution >= 4 is 28.8 Å². The van der Waals surface area contributed by atoms with Gasteiger partial charge >= 0.3 is 0 Å². The molecule has 0 radical (unpaired) electrons. The van der Waals surface area contributed by atoms with E-state index >= 15 is 0 Å². The van der Waals surface area contributed by atoms with Crippen LogP contribution in [0.4, 0.5) is 5.82 Å². The van der Waals surface area contributed by atoms with Gasteiger partial charge in [-0.25, -0.2) is 0 Å². The van der Waals surface area contributed by atoms with Crippen LogP contribution in [0, 0.1) is 0 Å². The highest BCUT2D eigenvalue weighted by molar-refractivity contribution is 7.14. The van der Waals surface area contributed by atoms with Crippen LogP contribution in [0.2, 0.25) is 4.34 Å². The fourth-order valence-electron chi connectivity index (χ4n) is 1.56. The number of halogens is 1. The molecule has 0 spiro atoms. The van der Waals surface area contributed by atoms with Crippen molar-refractivity contribution in [3.05, 3.63) is 21.3 Å². The molecule has 2 rings (SSSR count). The standard InChI is InChI=1S/C10H12ClN3S/c1-2-3-7-9(13-14-10(7)12)6-4-8(11)15-5-6/h4-5H,2-3H2,1H3,(H3,12,13,14). The van der Waals surface area contributed by atoms with Crippen LogP contribution in [0.15, 0.2) is 11.4 Å². The van der Waals surface area contributed by atoms with E-state index in [9.17, 15) is 0 Å². The molecule has 0 bridgehead atoms. The molecule has 0 amide bonds. The highest BCUT2D eigenvalue weighted by Gasteiger charge is 2.12. The molecule has 80 valence electrons. The average Bonchev–Trinajstić information content (AvgIpc) is 2.76. The highest BCUT2D eigenvalue weighted by atomic mass is 35.5. The van der Waals surface area contributed by atoms with Crippen molar-refractivity contribution in [2.45, 2.75) is 19.8 Å². The zero-order chi connectivity index (χ0) is 10.8. The van der Waals surface area contributed by atoms with E-state index in [2.05, 4.69) is 17.1 Å². The number of aromatic amines is 1. The molecule has 0 aromatic carbocycles. The summed E-state index contributed by atoms with van der Waals surface area (Å²) in [6.07, 6.45) is 1.99. The van der Waals surface area contributed by atoms with Crippen molar-refractivity contribution in [2.24, 2.45) is 0 Å². The summed E-state index contributed by atoms with van der Waals surface area (Å²) in [4.78, 5) is 0. The van der Waals surface area contributed by atoms with E-state index in [1.165, 1.54) is 11.3 Å². The van der Waals surface area contributed by atoms with Crippen LogP contribution in [0.5, 0.6) is 0 Å². The van der Waals surface area contributed by atoms with Crippen molar-refractivity contribution in [1.82, 2.24) is 10.2 Å². The van der Waals surface area contributed by atoms with E-state index in [0.29, 0.717) is 5.82 Å². The Kier molecular flexibility index (Phi) is 2.98. The molecule has 0 saturated heterocycles. The quantitative estimate of drug-likeness (QED) is 0.866. The molecule has 0 fully saturated rings. The SMILES string of the molecule is CCCc1c(N)n[nH]c1-c1csc(Cl)c1. The average molecular weight is 242 g/mol. The fraction of sp³-hybridized carbons (Fsp3) is 0.300. The molecule has 0 saturated carbocycles. The second kappa shape index (κ2) is 4.24. The van der Waals surface area contributed by atoms with Gasteiger partial charge in [0, 0.05) is 16.5 Å². The van der Waals surface area contributed by atoms with Gasteiger partial charge in [-0.2, -0.15) is 5.10 Å². The van der Waals surface area contributed by atoms with E-state index in [0.717, 1.165) is 34.0 Å². The normalized spacial score (nSPS) is 10.8. The van der Waals surface area contributed by atoms with Crippen molar-refractivity contribution in [2.75, 3.05) is 5.73 Å². The van der Waals surface area contributed by atoms with Gasteiger partial charge in [0.2, 0.25) is 0 Å². The van der Waals surface area contributed by atoms with Gasteiger partial charge in [-0.05, 0) is 12.5 Å². The third-order valence-corrected chi connectivity index (χ3v) is 3.35. The van der Waals surface area contributed by atoms with Gasteiger partial charge in [0.25, 0.3) is 0 Å². The lowest BCUT2D eigenvalue weighted by atomic mass is 10.1. The third-order valence-electron chi connectivity index (χ3n) is 2.26. The maximum Gasteiger partial charge on any atom is 0.149 e. The van der Waals surface area contributed by atoms with Crippen molar-refractivity contribution in [3.63, 3.8) is 0 Å². The zero-order valence-corrected chi connectivity index (χ0v) is 9.95. The lowest BCUT2D eigenvalue weighted by molar-refractivity contribution is 0.927. The Hall–Kier alpha value is -1.00. The van der Waals surface area contributed by atoms with Gasteiger partial charge in [-0.15, -0.1) is 11.3 Å². The van der Waals surface area contributed by atoms with E-state index < -0.39 is 0 Å². The fourth-order valence-corrected chi connectivity index (χ4v) is 2.43. The first-order valence-corrected chi connectivity index (χ1v) is 6.05. The minimum atomic E-state index is 0.592. The Morgan fingerprint density at radius 3 is 3.00 bits per heavy atom. The molecule has 0 aliphatic carbocycles. The number of nitrogens with one attached hydrogen (secondary N) is 1. The maximum atomic E-state index is 5.90. The molecule has 3 N–H and O–H groups in total. The second-order valence-corrected chi connectivity index (χ2v) is 4.89. The van der Waals surface area contributed by atoms with Crippen LogP contribution in [0.25, 0.3) is 11.3 Å². The van der Waals surface area contributed by atoms with Crippen LogP contribution in [-0.4, -0.2) is 10.2 Å². The van der Waals surface area contributed by atoms with Crippen LogP contribution in [-0.2, 0) is 6.42 Å². The predicted molar refractivity (Wildman–Crippen MR) is 65.3 cm³/mol. The Morgan fingerprint density at radius 1 is 1.60 bits per heavy atom. The molecule has 0 atom stereocenters. The Morgan fingerprint density at radius 2 is 2.40 bits per heavy atom. The summed E-state index contributed by atoms with van der Waals surface area (Å²) in [5, 5.41) is 9.01. The first kappa shape index (κ1) is 10.5. The van der Waals surface area contributed by atoms with E-state index in [1.54, 1.807) is 0 Å². The number of hydrogen-bond acceptors (Lipinski definition) is 3. The topological polar surface area (TPSA) is 54.7 Å². The van der Waals surface area contributed by atoms with Crippen molar-refractivity contribution < 1.29 is 0 Å². The highest BCUT2D eigenvalue weighted by Crippen LogP contribution is 2.31. The molecule has 15 heavy (non-hydrogen) atoms. The molecule has 3 nitrogen and oxygen atoms in total. The number of H-pyrrole nitrogens is 1. The summed E-state index contributed by atoms with van der Waals surface area (Å²) in [7, 11) is 0. The Labute approximate surface area is 97.3 Å². The molecule has 0 aliphatic heterocycles. The van der Waals surface area contributed by atoms with Gasteiger partial charge in [0.15, 0.2) is 0 Å². The van der Waals surface area contributed by atoms with E-state index in [1.807, 2.05) is 11.4 Å². The van der Waals surface area contributed by atoms with Crippen molar-refractivity contribution in [3.8, 4) is 11.3 Å². The van der Waals surface area contributed by atoms with Gasteiger partial charge in [-0.3, -0.25) is 5.10 Å². The molecule has 0 aliphatic rings. The first-order valence-electron chi connectivity index (χ1n) is 4.79. The summed E-state index contributed by atoms with van der Waals surface area (Å²) in [5.41, 5.74) is 8.95. The van der Waals surface area contributed by atoms with Gasteiger partial charge in [0.1, 0.15) is 5.82 Å². The summed E-state index contributed by atoms with van der Waals surface area (Å²) >= 11 is 7.41. The lowest BCUT2D eigenvalue weighted by Crippen LogP contribution is -1.92. The monoisotopic (exact) mass is 241 g/mol. The minimum absolute atomic E-state index is 0.592. The number of nitrogens with two attached hydrogens (primary N) is 1. The van der Waals surface area contributed by atoms with Crippen LogP contribution < -0.4 is 5.73 Å². The number of nitrogen functional groups attached to an aromatic ring is 1. The third kappa shape index (κ3) is 2.01. The number of nitrogens with zero attached hydrogens (tertiary/aromatic N) is 1. The molecular formula is C10H12ClN3S. The number of anilines is 1. The van der Waals surface area contributed by atoms with E-state index in [4.69, 9.17) is 17.3 Å².